The smallest absolute Gasteiger partial charge is 0.0715 e. The van der Waals surface area contributed by atoms with Gasteiger partial charge in [0.05, 0.1) is 5.97 Å². The molecule has 0 spiro atoms. The molecule has 0 aliphatic carbocycles. The molecular formula is C11H15AlO2. The van der Waals surface area contributed by atoms with Gasteiger partial charge in [0.1, 0.15) is 0 Å². The van der Waals surface area contributed by atoms with E-state index < -0.39 is 5.97 Å². The van der Waals surface area contributed by atoms with Crippen LogP contribution in [0.2, 0.25) is 10.6 Å². The summed E-state index contributed by atoms with van der Waals surface area (Å²) in [6.45, 7) is 4.50. The maximum Gasteiger partial charge on any atom is 0.0715 e. The van der Waals surface area contributed by atoms with E-state index in [0.717, 1.165) is 15.2 Å². The molecule has 1 aromatic rings. The molecule has 0 aliphatic rings. The average Bonchev–Trinajstić information content (AvgIpc) is 2.21. The number of rotatable bonds is 3. The zero-order chi connectivity index (χ0) is 10.8. The van der Waals surface area contributed by atoms with Crippen molar-refractivity contribution in [2.45, 2.75) is 24.4 Å². The first-order chi connectivity index (χ1) is 6.72. The summed E-state index contributed by atoms with van der Waals surface area (Å²) >= 11 is 0.815. The van der Waals surface area contributed by atoms with Gasteiger partial charge in [-0.05, 0) is 5.56 Å². The van der Waals surface area contributed by atoms with Crippen LogP contribution in [0.4, 0.5) is 0 Å². The van der Waals surface area contributed by atoms with Gasteiger partial charge in [-0.3, -0.25) is 0 Å². The molecule has 0 aliphatic heterocycles. The molecular weight excluding hydrogens is 191 g/mol. The van der Waals surface area contributed by atoms with E-state index >= 15 is 0 Å². The monoisotopic (exact) mass is 206 g/mol. The maximum absolute atomic E-state index is 10.1. The molecule has 1 rings (SSSR count). The summed E-state index contributed by atoms with van der Waals surface area (Å²) in [5.41, 5.74) is 0.220. The molecule has 0 heterocycles. The Morgan fingerprint density at radius 1 is 1.21 bits per heavy atom. The molecule has 0 saturated carbocycles. The summed E-state index contributed by atoms with van der Waals surface area (Å²) in [5, 5.41) is 12.9. The van der Waals surface area contributed by atoms with Crippen molar-refractivity contribution in [1.29, 1.82) is 0 Å². The Morgan fingerprint density at radius 3 is 1.93 bits per heavy atom. The van der Waals surface area contributed by atoms with Gasteiger partial charge in [0.25, 0.3) is 0 Å². The molecule has 0 unspecified atom stereocenters. The van der Waals surface area contributed by atoms with E-state index in [1.807, 2.05) is 0 Å². The number of carboxylic acid groups (broad SMARTS) is 1. The number of carbonyl (C=O) groups excluding carboxylic acids is 1. The molecule has 74 valence electrons. The Balaban J connectivity index is 0.000000292. The molecule has 2 nitrogen and oxygen atoms in total. The van der Waals surface area contributed by atoms with Crippen LogP contribution in [0.3, 0.4) is 0 Å². The number of benzene rings is 1. The standard InChI is InChI=1S/C7H6O2.2C2H5.Al/c8-7(9)6-4-2-1-3-5-6;2*1-2;/h1-5H,(H,8,9);2*1H2,2H3;/q;;;+1/p-1. The Kier molecular flexibility index (Phi) is 8.32. The van der Waals surface area contributed by atoms with Gasteiger partial charge in [-0.2, -0.15) is 0 Å². The zero-order valence-electron chi connectivity index (χ0n) is 8.69. The minimum absolute atomic E-state index is 0.220. The van der Waals surface area contributed by atoms with Crippen molar-refractivity contribution in [2.75, 3.05) is 0 Å². The van der Waals surface area contributed by atoms with E-state index in [9.17, 15) is 9.90 Å². The van der Waals surface area contributed by atoms with E-state index in [-0.39, 0.29) is 5.56 Å². The first kappa shape index (κ1) is 13.2. The second-order valence-electron chi connectivity index (χ2n) is 2.76. The number of carboxylic acids is 1. The Labute approximate surface area is 91.7 Å². The van der Waals surface area contributed by atoms with Crippen molar-refractivity contribution < 1.29 is 9.90 Å². The van der Waals surface area contributed by atoms with E-state index in [0.29, 0.717) is 0 Å². The average molecular weight is 206 g/mol. The van der Waals surface area contributed by atoms with Crippen LogP contribution in [0.15, 0.2) is 30.3 Å². The van der Waals surface area contributed by atoms with Gasteiger partial charge in [-0.15, -0.1) is 0 Å². The normalized spacial score (nSPS) is 8.14. The minimum atomic E-state index is -1.13. The van der Waals surface area contributed by atoms with E-state index in [2.05, 4.69) is 13.8 Å². The number of carbonyl (C=O) groups is 1. The van der Waals surface area contributed by atoms with Gasteiger partial charge in [0.15, 0.2) is 0 Å². The molecule has 0 bridgehead atoms. The topological polar surface area (TPSA) is 40.1 Å². The molecule has 0 atom stereocenters. The first-order valence-electron chi connectivity index (χ1n) is 4.80. The summed E-state index contributed by atoms with van der Waals surface area (Å²) < 4.78 is 0. The molecule has 0 radical (unpaired) electrons. The third-order valence-corrected chi connectivity index (χ3v) is 2.74. The third kappa shape index (κ3) is 6.71. The Hall–Kier alpha value is -0.778. The SMILES string of the molecule is C[CH2][Al+][CH2]C.O=C([O-])c1ccccc1. The minimum Gasteiger partial charge on any atom is -0.545 e. The quantitative estimate of drug-likeness (QED) is 0.705. The molecule has 0 fully saturated rings. The van der Waals surface area contributed by atoms with Gasteiger partial charge >= 0.3 is 39.6 Å². The van der Waals surface area contributed by atoms with E-state index in [1.165, 1.54) is 22.7 Å². The van der Waals surface area contributed by atoms with Crippen molar-refractivity contribution in [3.63, 3.8) is 0 Å². The fraction of sp³-hybridized carbons (Fsp3) is 0.364. The Bertz CT molecular complexity index is 245. The summed E-state index contributed by atoms with van der Waals surface area (Å²) in [6.07, 6.45) is 0. The van der Waals surface area contributed by atoms with Crippen LogP contribution in [0.1, 0.15) is 24.2 Å². The molecule has 1 aromatic carbocycles. The second-order valence-corrected chi connectivity index (χ2v) is 4.97. The molecule has 0 aromatic heterocycles. The van der Waals surface area contributed by atoms with Crippen LogP contribution in [-0.4, -0.2) is 21.2 Å². The first-order valence-corrected chi connectivity index (χ1v) is 6.43. The molecule has 0 amide bonds. The summed E-state index contributed by atoms with van der Waals surface area (Å²) in [4.78, 5) is 10.1. The van der Waals surface area contributed by atoms with E-state index in [4.69, 9.17) is 0 Å². The largest absolute Gasteiger partial charge is 0.545 e. The number of aromatic carboxylic acids is 1. The zero-order valence-corrected chi connectivity index (χ0v) is 9.85. The second kappa shape index (κ2) is 8.80. The van der Waals surface area contributed by atoms with Crippen LogP contribution < -0.4 is 5.11 Å². The molecule has 14 heavy (non-hydrogen) atoms. The van der Waals surface area contributed by atoms with Gasteiger partial charge in [0, 0.05) is 0 Å². The molecule has 3 heteroatoms. The van der Waals surface area contributed by atoms with Crippen LogP contribution in [0.25, 0.3) is 0 Å². The van der Waals surface area contributed by atoms with Crippen LogP contribution >= 0.6 is 0 Å². The predicted octanol–water partition coefficient (Wildman–Crippen LogP) is 1.62. The van der Waals surface area contributed by atoms with Gasteiger partial charge in [-0.1, -0.05) is 30.3 Å². The van der Waals surface area contributed by atoms with Gasteiger partial charge < -0.3 is 9.90 Å². The maximum atomic E-state index is 10.1. The number of hydrogen-bond donors (Lipinski definition) is 0. The summed E-state index contributed by atoms with van der Waals surface area (Å²) in [6, 6.07) is 8.06. The summed E-state index contributed by atoms with van der Waals surface area (Å²) in [7, 11) is 0. The van der Waals surface area contributed by atoms with Crippen LogP contribution in [0.5, 0.6) is 0 Å². The fourth-order valence-corrected chi connectivity index (χ4v) is 1.44. The van der Waals surface area contributed by atoms with Crippen LogP contribution in [-0.2, 0) is 0 Å². The fourth-order valence-electron chi connectivity index (χ4n) is 0.863. The predicted molar refractivity (Wildman–Crippen MR) is 57.5 cm³/mol. The third-order valence-electron chi connectivity index (χ3n) is 1.59. The Morgan fingerprint density at radius 2 is 1.71 bits per heavy atom. The number of hydrogen-bond acceptors (Lipinski definition) is 2. The molecule has 0 N–H and O–H groups in total. The van der Waals surface area contributed by atoms with E-state index in [1.54, 1.807) is 18.2 Å². The van der Waals surface area contributed by atoms with Gasteiger partial charge in [0.2, 0.25) is 0 Å². The van der Waals surface area contributed by atoms with Crippen molar-refractivity contribution >= 4 is 21.2 Å². The van der Waals surface area contributed by atoms with Crippen molar-refractivity contribution in [2.24, 2.45) is 0 Å². The van der Waals surface area contributed by atoms with Crippen molar-refractivity contribution in [3.8, 4) is 0 Å². The molecule has 0 saturated heterocycles. The van der Waals surface area contributed by atoms with Crippen molar-refractivity contribution in [3.05, 3.63) is 35.9 Å². The van der Waals surface area contributed by atoms with Crippen molar-refractivity contribution in [1.82, 2.24) is 0 Å². The van der Waals surface area contributed by atoms with Gasteiger partial charge in [-0.25, -0.2) is 0 Å². The van der Waals surface area contributed by atoms with Crippen LogP contribution in [0, 0.1) is 0 Å². The summed E-state index contributed by atoms with van der Waals surface area (Å²) in [5.74, 6) is -1.13.